The molecule has 1 saturated carbocycles. The van der Waals surface area contributed by atoms with Gasteiger partial charge in [-0.3, -0.25) is 0 Å². The van der Waals surface area contributed by atoms with Crippen molar-refractivity contribution in [3.63, 3.8) is 0 Å². The van der Waals surface area contributed by atoms with Crippen LogP contribution in [0.1, 0.15) is 33.6 Å². The van der Waals surface area contributed by atoms with E-state index in [1.807, 2.05) is 20.8 Å². The average molecular weight is 263 g/mol. The SMILES string of the molecule is CC(C)(C)OC(=O)N1CC2(CC(CN)C2)C1.Cl. The van der Waals surface area contributed by atoms with E-state index in [1.54, 1.807) is 4.90 Å². The van der Waals surface area contributed by atoms with Gasteiger partial charge < -0.3 is 15.4 Å². The van der Waals surface area contributed by atoms with Gasteiger partial charge in [0.05, 0.1) is 0 Å². The summed E-state index contributed by atoms with van der Waals surface area (Å²) in [6, 6.07) is 0. The van der Waals surface area contributed by atoms with Gasteiger partial charge in [0.2, 0.25) is 0 Å². The van der Waals surface area contributed by atoms with E-state index in [9.17, 15) is 4.79 Å². The summed E-state index contributed by atoms with van der Waals surface area (Å²) >= 11 is 0. The monoisotopic (exact) mass is 262 g/mol. The predicted octanol–water partition coefficient (Wildman–Crippen LogP) is 2.01. The minimum atomic E-state index is -0.390. The third-order valence-electron chi connectivity index (χ3n) is 3.48. The minimum Gasteiger partial charge on any atom is -0.444 e. The zero-order chi connectivity index (χ0) is 12.0. The molecule has 2 fully saturated rings. The van der Waals surface area contributed by atoms with Crippen LogP contribution in [0.5, 0.6) is 0 Å². The maximum absolute atomic E-state index is 11.7. The fourth-order valence-corrected chi connectivity index (χ4v) is 2.81. The van der Waals surface area contributed by atoms with Crippen LogP contribution in [0.3, 0.4) is 0 Å². The van der Waals surface area contributed by atoms with Crippen molar-refractivity contribution in [3.8, 4) is 0 Å². The van der Waals surface area contributed by atoms with Gasteiger partial charge in [0, 0.05) is 18.5 Å². The van der Waals surface area contributed by atoms with Crippen molar-refractivity contribution in [2.24, 2.45) is 17.1 Å². The fraction of sp³-hybridized carbons (Fsp3) is 0.917. The Morgan fingerprint density at radius 2 is 1.94 bits per heavy atom. The van der Waals surface area contributed by atoms with Gasteiger partial charge in [0.1, 0.15) is 5.60 Å². The molecule has 2 rings (SSSR count). The Balaban J connectivity index is 0.00000144. The smallest absolute Gasteiger partial charge is 0.410 e. The lowest BCUT2D eigenvalue weighted by atomic mass is 9.58. The van der Waals surface area contributed by atoms with Gasteiger partial charge in [-0.1, -0.05) is 0 Å². The first-order chi connectivity index (χ1) is 7.34. The van der Waals surface area contributed by atoms with Crippen molar-refractivity contribution >= 4 is 18.5 Å². The van der Waals surface area contributed by atoms with Gasteiger partial charge in [0.25, 0.3) is 0 Å². The Morgan fingerprint density at radius 1 is 1.41 bits per heavy atom. The van der Waals surface area contributed by atoms with Crippen molar-refractivity contribution in [2.75, 3.05) is 19.6 Å². The normalized spacial score (nSPS) is 22.5. The van der Waals surface area contributed by atoms with Crippen LogP contribution < -0.4 is 5.73 Å². The number of nitrogens with zero attached hydrogens (tertiary/aromatic N) is 1. The first-order valence-corrected chi connectivity index (χ1v) is 6.02. The molecule has 17 heavy (non-hydrogen) atoms. The number of ether oxygens (including phenoxy) is 1. The Morgan fingerprint density at radius 3 is 2.35 bits per heavy atom. The van der Waals surface area contributed by atoms with E-state index in [1.165, 1.54) is 12.8 Å². The summed E-state index contributed by atoms with van der Waals surface area (Å²) in [7, 11) is 0. The molecular weight excluding hydrogens is 240 g/mol. The molecule has 1 heterocycles. The Hall–Kier alpha value is -0.480. The highest BCUT2D eigenvalue weighted by Crippen LogP contribution is 2.51. The maximum Gasteiger partial charge on any atom is 0.410 e. The van der Waals surface area contributed by atoms with Gasteiger partial charge in [0.15, 0.2) is 0 Å². The molecule has 1 spiro atoms. The maximum atomic E-state index is 11.7. The first kappa shape index (κ1) is 14.6. The van der Waals surface area contributed by atoms with Crippen LogP contribution in [0.2, 0.25) is 0 Å². The van der Waals surface area contributed by atoms with Crippen LogP contribution in [0.15, 0.2) is 0 Å². The summed E-state index contributed by atoms with van der Waals surface area (Å²) in [6.45, 7) is 8.20. The second-order valence-electron chi connectivity index (χ2n) is 6.35. The lowest BCUT2D eigenvalue weighted by molar-refractivity contribution is -0.0928. The topological polar surface area (TPSA) is 55.6 Å². The highest BCUT2D eigenvalue weighted by molar-refractivity contribution is 5.85. The zero-order valence-corrected chi connectivity index (χ0v) is 11.7. The van der Waals surface area contributed by atoms with Crippen LogP contribution in [-0.2, 0) is 4.74 Å². The van der Waals surface area contributed by atoms with E-state index in [0.29, 0.717) is 11.3 Å². The van der Waals surface area contributed by atoms with Gasteiger partial charge >= 0.3 is 6.09 Å². The number of rotatable bonds is 1. The molecule has 5 heteroatoms. The molecule has 0 bridgehead atoms. The molecule has 2 aliphatic rings. The quantitative estimate of drug-likeness (QED) is 0.787. The van der Waals surface area contributed by atoms with Crippen LogP contribution in [0.4, 0.5) is 4.79 Å². The van der Waals surface area contributed by atoms with E-state index in [2.05, 4.69) is 0 Å². The number of hydrogen-bond acceptors (Lipinski definition) is 3. The van der Waals surface area contributed by atoms with Crippen molar-refractivity contribution < 1.29 is 9.53 Å². The summed E-state index contributed by atoms with van der Waals surface area (Å²) < 4.78 is 5.32. The molecule has 1 amide bonds. The average Bonchev–Trinajstić information content (AvgIpc) is 1.95. The van der Waals surface area contributed by atoms with Crippen molar-refractivity contribution in [2.45, 2.75) is 39.2 Å². The molecule has 0 aromatic carbocycles. The summed E-state index contributed by atoms with van der Waals surface area (Å²) in [5.41, 5.74) is 5.61. The van der Waals surface area contributed by atoms with E-state index in [-0.39, 0.29) is 24.1 Å². The standard InChI is InChI=1S/C12H22N2O2.ClH/c1-11(2,3)16-10(15)14-7-12(8-14)4-9(5-12)6-13;/h9H,4-8,13H2,1-3H3;1H. The van der Waals surface area contributed by atoms with Crippen LogP contribution in [-0.4, -0.2) is 36.2 Å². The molecule has 2 N–H and O–H groups in total. The number of amides is 1. The molecule has 100 valence electrons. The zero-order valence-electron chi connectivity index (χ0n) is 10.9. The van der Waals surface area contributed by atoms with Crippen molar-refractivity contribution in [3.05, 3.63) is 0 Å². The molecule has 0 radical (unpaired) electrons. The molecule has 0 unspecified atom stereocenters. The molecule has 1 saturated heterocycles. The second kappa shape index (κ2) is 4.65. The molecular formula is C12H23ClN2O2. The number of likely N-dealkylation sites (tertiary alicyclic amines) is 1. The third-order valence-corrected chi connectivity index (χ3v) is 3.48. The second-order valence-corrected chi connectivity index (χ2v) is 6.35. The van der Waals surface area contributed by atoms with E-state index in [4.69, 9.17) is 10.5 Å². The molecule has 1 aliphatic carbocycles. The summed E-state index contributed by atoms with van der Waals surface area (Å²) in [5, 5.41) is 0. The number of halogens is 1. The fourth-order valence-electron chi connectivity index (χ4n) is 2.81. The van der Waals surface area contributed by atoms with Gasteiger partial charge in [-0.05, 0) is 46.1 Å². The van der Waals surface area contributed by atoms with E-state index in [0.717, 1.165) is 19.6 Å². The van der Waals surface area contributed by atoms with Crippen molar-refractivity contribution in [1.82, 2.24) is 4.90 Å². The van der Waals surface area contributed by atoms with Gasteiger partial charge in [-0.2, -0.15) is 0 Å². The number of hydrogen-bond donors (Lipinski definition) is 1. The summed E-state index contributed by atoms with van der Waals surface area (Å²) in [6.07, 6.45) is 2.19. The Bertz CT molecular complexity index is 287. The first-order valence-electron chi connectivity index (χ1n) is 6.02. The molecule has 0 aromatic rings. The number of carbonyl (C=O) groups is 1. The highest BCUT2D eigenvalue weighted by Gasteiger charge is 2.53. The summed E-state index contributed by atoms with van der Waals surface area (Å²) in [5.74, 6) is 0.681. The number of nitrogens with two attached hydrogens (primary N) is 1. The Kier molecular flexibility index (Phi) is 3.99. The lowest BCUT2D eigenvalue weighted by Crippen LogP contribution is -2.64. The van der Waals surface area contributed by atoms with Crippen LogP contribution in [0.25, 0.3) is 0 Å². The van der Waals surface area contributed by atoms with E-state index < -0.39 is 0 Å². The van der Waals surface area contributed by atoms with Crippen LogP contribution in [0, 0.1) is 11.3 Å². The van der Waals surface area contributed by atoms with Crippen molar-refractivity contribution in [1.29, 1.82) is 0 Å². The molecule has 0 aromatic heterocycles. The molecule has 0 atom stereocenters. The molecule has 1 aliphatic heterocycles. The molecule has 4 nitrogen and oxygen atoms in total. The Labute approximate surface area is 109 Å². The lowest BCUT2D eigenvalue weighted by Gasteiger charge is -2.58. The van der Waals surface area contributed by atoms with Gasteiger partial charge in [-0.25, -0.2) is 4.79 Å². The summed E-state index contributed by atoms with van der Waals surface area (Å²) in [4.78, 5) is 13.5. The minimum absolute atomic E-state index is 0. The number of carbonyl (C=O) groups excluding carboxylic acids is 1. The van der Waals surface area contributed by atoms with Crippen LogP contribution >= 0.6 is 12.4 Å². The van der Waals surface area contributed by atoms with Gasteiger partial charge in [-0.15, -0.1) is 12.4 Å². The predicted molar refractivity (Wildman–Crippen MR) is 69.3 cm³/mol. The highest BCUT2D eigenvalue weighted by atomic mass is 35.5. The largest absolute Gasteiger partial charge is 0.444 e. The van der Waals surface area contributed by atoms with E-state index >= 15 is 0 Å². The third kappa shape index (κ3) is 3.05.